The molecule has 0 aromatic carbocycles. The van der Waals surface area contributed by atoms with Gasteiger partial charge in [-0.15, -0.1) is 0 Å². The van der Waals surface area contributed by atoms with E-state index in [1.165, 1.54) is 6.92 Å². The summed E-state index contributed by atoms with van der Waals surface area (Å²) in [7, 11) is 0. The third-order valence-corrected chi connectivity index (χ3v) is 0.705. The molecule has 0 aliphatic rings. The van der Waals surface area contributed by atoms with E-state index in [9.17, 15) is 4.79 Å². The molecule has 3 nitrogen and oxygen atoms in total. The Morgan fingerprint density at radius 2 is 2.22 bits per heavy atom. The molecule has 0 amide bonds. The van der Waals surface area contributed by atoms with Gasteiger partial charge in [0.1, 0.15) is 0 Å². The van der Waals surface area contributed by atoms with Crippen LogP contribution < -0.4 is 0 Å². The second-order valence-electron chi connectivity index (χ2n) is 1.72. The van der Waals surface area contributed by atoms with E-state index in [-0.39, 0.29) is 18.2 Å². The van der Waals surface area contributed by atoms with Gasteiger partial charge in [0.25, 0.3) is 0 Å². The molecule has 3 heteroatoms. The number of rotatable bonds is 3. The first kappa shape index (κ1) is 8.14. The average Bonchev–Trinajstić information content (AvgIpc) is 1.63. The van der Waals surface area contributed by atoms with E-state index in [0.717, 1.165) is 0 Å². The Kier molecular flexibility index (Phi) is 3.67. The normalized spacial score (nSPS) is 8.67. The monoisotopic (exact) mass is 131 g/mol. The smallest absolute Gasteiger partial charge is 0.318 e. The Bertz CT molecular complexity index is 117. The van der Waals surface area contributed by atoms with Crippen molar-refractivity contribution in [3.8, 4) is 0 Å². The second kappa shape index (κ2) is 4.06. The Balaban J connectivity index is 3.39. The lowest BCUT2D eigenvalue weighted by Gasteiger charge is -1.94. The fourth-order valence-corrected chi connectivity index (χ4v) is 0.421. The number of ketones is 1. The summed E-state index contributed by atoms with van der Waals surface area (Å²) in [6.07, 6.45) is 0.00778. The molecular formula is C6H11O3+. The number of hydrogen-bond acceptors (Lipinski definition) is 2. The SMILES string of the molecule is CCOC(=O)CC(C)=[OH+]. The van der Waals surface area contributed by atoms with Gasteiger partial charge in [0, 0.05) is 6.92 Å². The lowest BCUT2D eigenvalue weighted by atomic mass is 10.3. The third-order valence-electron chi connectivity index (χ3n) is 0.705. The number of esters is 1. The summed E-state index contributed by atoms with van der Waals surface area (Å²) in [5.74, 6) is -0.286. The molecule has 0 atom stereocenters. The van der Waals surface area contributed by atoms with Crippen molar-refractivity contribution in [3.63, 3.8) is 0 Å². The van der Waals surface area contributed by atoms with Crippen molar-refractivity contribution in [1.29, 1.82) is 0 Å². The summed E-state index contributed by atoms with van der Waals surface area (Å²) in [6, 6.07) is 0. The third kappa shape index (κ3) is 5.00. The molecule has 0 aliphatic heterocycles. The van der Waals surface area contributed by atoms with Gasteiger partial charge in [-0.1, -0.05) is 0 Å². The van der Waals surface area contributed by atoms with Crippen molar-refractivity contribution in [2.45, 2.75) is 20.3 Å². The first-order valence-corrected chi connectivity index (χ1v) is 2.83. The van der Waals surface area contributed by atoms with Gasteiger partial charge in [0.2, 0.25) is 0 Å². The molecule has 0 aromatic heterocycles. The molecule has 0 unspecified atom stereocenters. The standard InChI is InChI=1S/C6H10O3/c1-3-9-6(8)4-5(2)7/h3-4H2,1-2H3/p+1. The molecule has 9 heavy (non-hydrogen) atoms. The highest BCUT2D eigenvalue weighted by atomic mass is 16.5. The van der Waals surface area contributed by atoms with Crippen LogP contribution in [0.4, 0.5) is 0 Å². The van der Waals surface area contributed by atoms with Crippen LogP contribution in [-0.2, 0) is 9.53 Å². The van der Waals surface area contributed by atoms with E-state index in [1.54, 1.807) is 6.92 Å². The Morgan fingerprint density at radius 3 is 2.56 bits per heavy atom. The fourth-order valence-electron chi connectivity index (χ4n) is 0.421. The molecular weight excluding hydrogens is 120 g/mol. The van der Waals surface area contributed by atoms with Gasteiger partial charge >= 0.3 is 11.8 Å². The van der Waals surface area contributed by atoms with E-state index in [2.05, 4.69) is 4.74 Å². The van der Waals surface area contributed by atoms with Gasteiger partial charge in [-0.05, 0) is 6.92 Å². The van der Waals surface area contributed by atoms with Crippen molar-refractivity contribution >= 4 is 11.8 Å². The van der Waals surface area contributed by atoms with Gasteiger partial charge in [0.15, 0.2) is 6.42 Å². The molecule has 1 N–H and O–H groups in total. The van der Waals surface area contributed by atoms with Crippen LogP contribution in [0.25, 0.3) is 0 Å². The maximum atomic E-state index is 10.5. The number of ether oxygens (including phenoxy) is 1. The van der Waals surface area contributed by atoms with Gasteiger partial charge in [0.05, 0.1) is 6.61 Å². The van der Waals surface area contributed by atoms with Crippen molar-refractivity contribution < 1.29 is 14.3 Å². The van der Waals surface area contributed by atoms with Crippen LogP contribution in [0, 0.1) is 0 Å². The Labute approximate surface area is 54.0 Å². The summed E-state index contributed by atoms with van der Waals surface area (Å²) in [4.78, 5) is 19.0. The van der Waals surface area contributed by atoms with Crippen LogP contribution in [0.5, 0.6) is 0 Å². The van der Waals surface area contributed by atoms with Gasteiger partial charge in [-0.25, -0.2) is 0 Å². The van der Waals surface area contributed by atoms with E-state index in [4.69, 9.17) is 4.79 Å². The van der Waals surface area contributed by atoms with E-state index >= 15 is 0 Å². The minimum absolute atomic E-state index is 0.00778. The topological polar surface area (TPSA) is 47.7 Å². The average molecular weight is 131 g/mol. The van der Waals surface area contributed by atoms with Crippen LogP contribution in [0.15, 0.2) is 0 Å². The van der Waals surface area contributed by atoms with Gasteiger partial charge in [-0.3, -0.25) is 9.59 Å². The summed E-state index contributed by atoms with van der Waals surface area (Å²) >= 11 is 0. The molecule has 0 spiro atoms. The largest absolute Gasteiger partial charge is 0.465 e. The van der Waals surface area contributed by atoms with Crippen LogP contribution >= 0.6 is 0 Å². The van der Waals surface area contributed by atoms with Gasteiger partial charge < -0.3 is 4.74 Å². The highest BCUT2D eigenvalue weighted by molar-refractivity contribution is 5.94. The zero-order chi connectivity index (χ0) is 7.28. The number of carbonyl (C=O) groups is 1. The predicted molar refractivity (Wildman–Crippen MR) is 33.9 cm³/mol. The second-order valence-corrected chi connectivity index (χ2v) is 1.72. The molecule has 0 bridgehead atoms. The van der Waals surface area contributed by atoms with Crippen molar-refractivity contribution in [1.82, 2.24) is 0 Å². The van der Waals surface area contributed by atoms with Crippen LogP contribution in [0.2, 0.25) is 0 Å². The van der Waals surface area contributed by atoms with Crippen LogP contribution in [-0.4, -0.2) is 23.2 Å². The maximum absolute atomic E-state index is 10.5. The minimum atomic E-state index is -0.377. The predicted octanol–water partition coefficient (Wildman–Crippen LogP) is 0.504. The maximum Gasteiger partial charge on any atom is 0.318 e. The molecule has 0 fully saturated rings. The Hall–Kier alpha value is -0.860. The summed E-state index contributed by atoms with van der Waals surface area (Å²) < 4.78 is 4.53. The summed E-state index contributed by atoms with van der Waals surface area (Å²) in [6.45, 7) is 3.56. The highest BCUT2D eigenvalue weighted by Crippen LogP contribution is 1.85. The number of carbonyl (C=O) groups excluding carboxylic acids is 2. The molecule has 0 rings (SSSR count). The molecule has 52 valence electrons. The fraction of sp³-hybridized carbons (Fsp3) is 0.667. The molecule has 0 saturated heterocycles. The first-order valence-electron chi connectivity index (χ1n) is 2.83. The first-order chi connectivity index (χ1) is 4.16. The van der Waals surface area contributed by atoms with E-state index < -0.39 is 0 Å². The quantitative estimate of drug-likeness (QED) is 0.318. The molecule has 0 aromatic rings. The van der Waals surface area contributed by atoms with E-state index in [1.807, 2.05) is 0 Å². The highest BCUT2D eigenvalue weighted by Gasteiger charge is 2.08. The summed E-state index contributed by atoms with van der Waals surface area (Å²) in [5, 5.41) is 0. The van der Waals surface area contributed by atoms with Gasteiger partial charge in [-0.2, -0.15) is 0 Å². The molecule has 0 heterocycles. The number of hydrogen-bond donors (Lipinski definition) is 0. The molecule has 0 radical (unpaired) electrons. The Morgan fingerprint density at radius 1 is 1.67 bits per heavy atom. The lowest BCUT2D eigenvalue weighted by molar-refractivity contribution is -0.141. The molecule has 0 aliphatic carbocycles. The van der Waals surface area contributed by atoms with E-state index in [0.29, 0.717) is 6.61 Å². The molecule has 0 saturated carbocycles. The summed E-state index contributed by atoms with van der Waals surface area (Å²) in [5.41, 5.74) is 0. The lowest BCUT2D eigenvalue weighted by Crippen LogP contribution is -2.08. The van der Waals surface area contributed by atoms with Crippen LogP contribution in [0.3, 0.4) is 0 Å². The van der Waals surface area contributed by atoms with Crippen LogP contribution in [0.1, 0.15) is 20.3 Å². The minimum Gasteiger partial charge on any atom is -0.465 e. The van der Waals surface area contributed by atoms with Crippen molar-refractivity contribution in [3.05, 3.63) is 0 Å². The zero-order valence-corrected chi connectivity index (χ0v) is 5.68. The van der Waals surface area contributed by atoms with Crippen molar-refractivity contribution in [2.75, 3.05) is 6.61 Å². The van der Waals surface area contributed by atoms with Crippen molar-refractivity contribution in [2.24, 2.45) is 0 Å². The zero-order valence-electron chi connectivity index (χ0n) is 5.68.